The minimum absolute atomic E-state index is 0.511. The highest BCUT2D eigenvalue weighted by Crippen LogP contribution is 2.27. The highest BCUT2D eigenvalue weighted by atomic mass is 79.9. The van der Waals surface area contributed by atoms with E-state index in [9.17, 15) is 0 Å². The first kappa shape index (κ1) is 31.3. The molecular weight excluding hydrogens is 626 g/mol. The van der Waals surface area contributed by atoms with Gasteiger partial charge in [0.1, 0.15) is 0 Å². The first-order valence-electron chi connectivity index (χ1n) is 13.2. The zero-order valence-corrected chi connectivity index (χ0v) is 25.7. The predicted molar refractivity (Wildman–Crippen MR) is 183 cm³/mol. The van der Waals surface area contributed by atoms with Crippen molar-refractivity contribution in [3.8, 4) is 33.4 Å². The predicted octanol–water partition coefficient (Wildman–Crippen LogP) is 9.81. The van der Waals surface area contributed by atoms with Gasteiger partial charge in [0.2, 0.25) is 0 Å². The number of rotatable bonds is 4. The Balaban J connectivity index is 0.000000157. The first-order chi connectivity index (χ1) is 20.4. The van der Waals surface area contributed by atoms with Crippen LogP contribution in [-0.2, 0) is 0 Å². The highest BCUT2D eigenvalue weighted by Gasteiger charge is 2.10. The van der Waals surface area contributed by atoms with Gasteiger partial charge in [-0.25, -0.2) is 0 Å². The van der Waals surface area contributed by atoms with Crippen molar-refractivity contribution >= 4 is 51.7 Å². The van der Waals surface area contributed by atoms with Gasteiger partial charge in [-0.15, -0.1) is 0 Å². The second-order valence-corrected chi connectivity index (χ2v) is 11.0. The monoisotopic (exact) mass is 652 g/mol. The van der Waals surface area contributed by atoms with Crippen LogP contribution in [0.5, 0.6) is 0 Å². The molecule has 0 amide bonds. The van der Waals surface area contributed by atoms with Crippen molar-refractivity contribution < 1.29 is 10.0 Å². The second kappa shape index (κ2) is 16.1. The van der Waals surface area contributed by atoms with Gasteiger partial charge in [0.25, 0.3) is 0 Å². The second-order valence-electron chi connectivity index (χ2n) is 9.26. The molecule has 0 aliphatic carbocycles. The smallest absolute Gasteiger partial charge is 0.423 e. The molecule has 6 aromatic rings. The molecule has 2 N–H and O–H groups in total. The zero-order valence-electron chi connectivity index (χ0n) is 22.6. The molecule has 6 heteroatoms. The van der Waals surface area contributed by atoms with Gasteiger partial charge in [0.05, 0.1) is 0 Å². The fourth-order valence-corrected chi connectivity index (χ4v) is 4.61. The molecule has 0 spiro atoms. The van der Waals surface area contributed by atoms with Crippen LogP contribution >= 0.6 is 39.1 Å². The summed E-state index contributed by atoms with van der Waals surface area (Å²) in [5.74, 6) is 0. The Labute approximate surface area is 266 Å². The molecule has 0 aliphatic rings. The lowest BCUT2D eigenvalue weighted by Crippen LogP contribution is -2.29. The molecular formula is C36H28BBrCl2O2. The van der Waals surface area contributed by atoms with E-state index in [0.717, 1.165) is 25.6 Å². The molecule has 0 saturated heterocycles. The summed E-state index contributed by atoms with van der Waals surface area (Å²) < 4.78 is 1.06. The van der Waals surface area contributed by atoms with E-state index in [1.54, 1.807) is 12.1 Å². The van der Waals surface area contributed by atoms with Gasteiger partial charge in [-0.2, -0.15) is 0 Å². The SMILES string of the molecule is Clc1ccc(-c2cccc(-c3ccccc3)c2)cc1.Clc1ccc(Br)cc1.OB(O)c1cccc(-c2ccccc2)c1. The topological polar surface area (TPSA) is 40.5 Å². The van der Waals surface area contributed by atoms with Gasteiger partial charge in [-0.05, 0) is 81.3 Å². The zero-order chi connectivity index (χ0) is 29.7. The lowest BCUT2D eigenvalue weighted by molar-refractivity contribution is 0.426. The first-order valence-corrected chi connectivity index (χ1v) is 14.8. The van der Waals surface area contributed by atoms with Crippen molar-refractivity contribution in [1.82, 2.24) is 0 Å². The molecule has 0 atom stereocenters. The molecule has 0 fully saturated rings. The van der Waals surface area contributed by atoms with Crippen LogP contribution in [0.15, 0.2) is 162 Å². The van der Waals surface area contributed by atoms with Gasteiger partial charge in [0.15, 0.2) is 0 Å². The summed E-state index contributed by atoms with van der Waals surface area (Å²) in [5, 5.41) is 19.6. The molecule has 0 aromatic heterocycles. The summed E-state index contributed by atoms with van der Waals surface area (Å²) in [7, 11) is -1.41. The summed E-state index contributed by atoms with van der Waals surface area (Å²) in [6, 6.07) is 51.5. The van der Waals surface area contributed by atoms with Crippen LogP contribution in [0.3, 0.4) is 0 Å². The summed E-state index contributed by atoms with van der Waals surface area (Å²) >= 11 is 14.8. The van der Waals surface area contributed by atoms with Crippen LogP contribution in [0.2, 0.25) is 10.0 Å². The molecule has 0 aliphatic heterocycles. The molecule has 0 saturated carbocycles. The maximum atomic E-state index is 9.05. The highest BCUT2D eigenvalue weighted by molar-refractivity contribution is 9.10. The quantitative estimate of drug-likeness (QED) is 0.186. The lowest BCUT2D eigenvalue weighted by Gasteiger charge is -2.06. The van der Waals surface area contributed by atoms with Crippen LogP contribution in [0.1, 0.15) is 0 Å². The third kappa shape index (κ3) is 9.73. The Morgan fingerprint density at radius 1 is 0.405 bits per heavy atom. The summed E-state index contributed by atoms with van der Waals surface area (Å²) in [5.41, 5.74) is 7.42. The van der Waals surface area contributed by atoms with Crippen LogP contribution in [0, 0.1) is 0 Å². The summed E-state index contributed by atoms with van der Waals surface area (Å²) in [6.45, 7) is 0. The number of hydrogen-bond acceptors (Lipinski definition) is 2. The third-order valence-electron chi connectivity index (χ3n) is 6.24. The van der Waals surface area contributed by atoms with Crippen LogP contribution in [0.4, 0.5) is 0 Å². The standard InChI is InChI=1S/C18H13Cl.C12H11BO2.C6H4BrCl/c19-18-11-9-15(10-12-18)17-8-4-7-16(13-17)14-5-2-1-3-6-14;14-13(15)12-8-4-7-11(9-12)10-5-2-1-3-6-10;7-5-1-3-6(8)4-2-5/h1-13H;1-9,14-15H;1-4H. The van der Waals surface area contributed by atoms with E-state index in [4.69, 9.17) is 33.2 Å². The maximum absolute atomic E-state index is 9.05. The van der Waals surface area contributed by atoms with Crippen molar-refractivity contribution in [2.75, 3.05) is 0 Å². The molecule has 208 valence electrons. The average molecular weight is 654 g/mol. The van der Waals surface area contributed by atoms with E-state index in [0.29, 0.717) is 5.46 Å². The van der Waals surface area contributed by atoms with E-state index >= 15 is 0 Å². The van der Waals surface area contributed by atoms with Crippen molar-refractivity contribution in [2.45, 2.75) is 0 Å². The van der Waals surface area contributed by atoms with Gasteiger partial charge < -0.3 is 10.0 Å². The molecule has 0 unspecified atom stereocenters. The number of hydrogen-bond donors (Lipinski definition) is 2. The Bertz CT molecular complexity index is 1640. The summed E-state index contributed by atoms with van der Waals surface area (Å²) in [4.78, 5) is 0. The molecule has 0 heterocycles. The van der Waals surface area contributed by atoms with E-state index < -0.39 is 7.12 Å². The molecule has 6 rings (SSSR count). The molecule has 0 radical (unpaired) electrons. The van der Waals surface area contributed by atoms with E-state index in [1.165, 1.54) is 22.3 Å². The van der Waals surface area contributed by atoms with E-state index in [-0.39, 0.29) is 0 Å². The number of benzene rings is 6. The minimum Gasteiger partial charge on any atom is -0.423 e. The Morgan fingerprint density at radius 2 is 0.786 bits per heavy atom. The molecule has 2 nitrogen and oxygen atoms in total. The van der Waals surface area contributed by atoms with E-state index in [1.807, 2.05) is 97.1 Å². The molecule has 6 aromatic carbocycles. The van der Waals surface area contributed by atoms with Gasteiger partial charge in [0, 0.05) is 14.5 Å². The van der Waals surface area contributed by atoms with Gasteiger partial charge >= 0.3 is 7.12 Å². The van der Waals surface area contributed by atoms with Crippen molar-refractivity contribution in [3.05, 3.63) is 172 Å². The normalized spacial score (nSPS) is 10.0. The molecule has 0 bridgehead atoms. The minimum atomic E-state index is -1.41. The Kier molecular flexibility index (Phi) is 12.0. The largest absolute Gasteiger partial charge is 0.488 e. The van der Waals surface area contributed by atoms with Crippen molar-refractivity contribution in [3.63, 3.8) is 0 Å². The fraction of sp³-hybridized carbons (Fsp3) is 0. The lowest BCUT2D eigenvalue weighted by atomic mass is 9.79. The van der Waals surface area contributed by atoms with Gasteiger partial charge in [-0.1, -0.05) is 154 Å². The summed E-state index contributed by atoms with van der Waals surface area (Å²) in [6.07, 6.45) is 0. The average Bonchev–Trinajstić information content (AvgIpc) is 3.04. The van der Waals surface area contributed by atoms with Crippen LogP contribution in [-0.4, -0.2) is 17.2 Å². The van der Waals surface area contributed by atoms with Crippen molar-refractivity contribution in [2.24, 2.45) is 0 Å². The van der Waals surface area contributed by atoms with Crippen LogP contribution < -0.4 is 5.46 Å². The van der Waals surface area contributed by atoms with E-state index in [2.05, 4.69) is 64.5 Å². The maximum Gasteiger partial charge on any atom is 0.488 e. The van der Waals surface area contributed by atoms with Crippen LogP contribution in [0.25, 0.3) is 33.4 Å². The third-order valence-corrected chi connectivity index (χ3v) is 7.28. The Hall–Kier alpha value is -3.64. The Morgan fingerprint density at radius 3 is 1.24 bits per heavy atom. The molecule has 42 heavy (non-hydrogen) atoms. The number of halogens is 3. The van der Waals surface area contributed by atoms with Gasteiger partial charge in [-0.3, -0.25) is 0 Å². The fourth-order valence-electron chi connectivity index (χ4n) is 4.09. The van der Waals surface area contributed by atoms with Crippen molar-refractivity contribution in [1.29, 1.82) is 0 Å².